The molecule has 1 N–H and O–H groups in total. The third-order valence-corrected chi connectivity index (χ3v) is 4.80. The third-order valence-electron chi connectivity index (χ3n) is 2.95. The van der Waals surface area contributed by atoms with Crippen LogP contribution in [0.5, 0.6) is 0 Å². The van der Waals surface area contributed by atoms with Gasteiger partial charge in [-0.1, -0.05) is 19.8 Å². The highest BCUT2D eigenvalue weighted by Crippen LogP contribution is 2.22. The molecule has 3 nitrogen and oxygen atoms in total. The molecule has 0 radical (unpaired) electrons. The molecule has 0 aromatic carbocycles. The first-order valence-electron chi connectivity index (χ1n) is 5.59. The van der Waals surface area contributed by atoms with Gasteiger partial charge in [0.15, 0.2) is 0 Å². The van der Waals surface area contributed by atoms with Crippen molar-refractivity contribution in [2.24, 2.45) is 5.92 Å². The summed E-state index contributed by atoms with van der Waals surface area (Å²) in [7, 11) is -3.15. The zero-order valence-corrected chi connectivity index (χ0v) is 10.8. The molecule has 0 aromatic rings. The molecular weight excluding hydrogens is 234 g/mol. The zero-order valence-electron chi connectivity index (χ0n) is 9.21. The lowest BCUT2D eigenvalue weighted by molar-refractivity contribution is 0.485. The fourth-order valence-electron chi connectivity index (χ4n) is 2.02. The highest BCUT2D eigenvalue weighted by atomic mass is 35.5. The summed E-state index contributed by atoms with van der Waals surface area (Å²) in [6, 6.07) is 0.128. The minimum Gasteiger partial charge on any atom is -0.212 e. The van der Waals surface area contributed by atoms with Crippen LogP contribution < -0.4 is 4.72 Å². The lowest BCUT2D eigenvalue weighted by Gasteiger charge is -2.15. The molecule has 0 saturated heterocycles. The van der Waals surface area contributed by atoms with E-state index < -0.39 is 10.0 Å². The fraction of sp³-hybridized carbons (Fsp3) is 1.00. The van der Waals surface area contributed by atoms with Crippen molar-refractivity contribution < 1.29 is 8.42 Å². The lowest BCUT2D eigenvalue weighted by Crippen LogP contribution is -2.36. The van der Waals surface area contributed by atoms with Crippen molar-refractivity contribution in [3.05, 3.63) is 0 Å². The van der Waals surface area contributed by atoms with E-state index in [2.05, 4.69) is 11.6 Å². The molecule has 0 amide bonds. The van der Waals surface area contributed by atoms with Gasteiger partial charge in [-0.05, 0) is 25.2 Å². The molecule has 1 rings (SSSR count). The summed E-state index contributed by atoms with van der Waals surface area (Å²) < 4.78 is 25.7. The first-order chi connectivity index (χ1) is 7.03. The Kier molecular flexibility index (Phi) is 5.36. The Hall–Kier alpha value is 0.200. The molecule has 15 heavy (non-hydrogen) atoms. The van der Waals surface area contributed by atoms with Gasteiger partial charge in [-0.2, -0.15) is 0 Å². The van der Waals surface area contributed by atoms with Crippen LogP contribution >= 0.6 is 11.6 Å². The van der Waals surface area contributed by atoms with Gasteiger partial charge in [-0.15, -0.1) is 11.6 Å². The highest BCUT2D eigenvalue weighted by molar-refractivity contribution is 7.89. The van der Waals surface area contributed by atoms with Crippen LogP contribution in [-0.4, -0.2) is 26.1 Å². The van der Waals surface area contributed by atoms with E-state index in [1.165, 1.54) is 6.42 Å². The topological polar surface area (TPSA) is 46.2 Å². The normalized spacial score (nSPS) is 28.7. The molecule has 1 fully saturated rings. The van der Waals surface area contributed by atoms with E-state index in [1.54, 1.807) is 0 Å². The Balaban J connectivity index is 2.44. The van der Waals surface area contributed by atoms with Crippen LogP contribution in [0.3, 0.4) is 0 Å². The van der Waals surface area contributed by atoms with Crippen LogP contribution in [0.25, 0.3) is 0 Å². The van der Waals surface area contributed by atoms with Gasteiger partial charge in [-0.25, -0.2) is 13.1 Å². The van der Waals surface area contributed by atoms with Gasteiger partial charge in [0.2, 0.25) is 10.0 Å². The summed E-state index contributed by atoms with van der Waals surface area (Å²) in [5.74, 6) is 0.923. The molecule has 1 aliphatic carbocycles. The van der Waals surface area contributed by atoms with Gasteiger partial charge in [0.05, 0.1) is 5.75 Å². The van der Waals surface area contributed by atoms with Crippen LogP contribution in [0.4, 0.5) is 0 Å². The van der Waals surface area contributed by atoms with Crippen molar-refractivity contribution in [3.8, 4) is 0 Å². The van der Waals surface area contributed by atoms with Gasteiger partial charge < -0.3 is 0 Å². The quantitative estimate of drug-likeness (QED) is 0.616. The number of sulfonamides is 1. The number of hydrogen-bond donors (Lipinski definition) is 1. The molecule has 0 aliphatic heterocycles. The maximum atomic E-state index is 11.5. The van der Waals surface area contributed by atoms with Gasteiger partial charge in [0.25, 0.3) is 0 Å². The number of hydrogen-bond acceptors (Lipinski definition) is 2. The van der Waals surface area contributed by atoms with Gasteiger partial charge >= 0.3 is 0 Å². The molecular formula is C10H20ClNO2S. The second-order valence-corrected chi connectivity index (χ2v) is 6.69. The summed E-state index contributed by atoms with van der Waals surface area (Å²) in [5.41, 5.74) is 0. The van der Waals surface area contributed by atoms with Crippen molar-refractivity contribution in [2.45, 2.75) is 45.1 Å². The zero-order chi connectivity index (χ0) is 11.3. The van der Waals surface area contributed by atoms with Crippen LogP contribution in [-0.2, 0) is 10.0 Å². The smallest absolute Gasteiger partial charge is 0.212 e. The van der Waals surface area contributed by atoms with Crippen molar-refractivity contribution in [3.63, 3.8) is 0 Å². The molecule has 0 spiro atoms. The molecule has 90 valence electrons. The van der Waals surface area contributed by atoms with Crippen molar-refractivity contribution in [1.82, 2.24) is 4.72 Å². The van der Waals surface area contributed by atoms with Crippen LogP contribution in [0, 0.1) is 5.92 Å². The monoisotopic (exact) mass is 253 g/mol. The van der Waals surface area contributed by atoms with Crippen LogP contribution in [0.1, 0.15) is 39.0 Å². The Bertz CT molecular complexity index is 279. The van der Waals surface area contributed by atoms with E-state index in [4.69, 9.17) is 11.6 Å². The summed E-state index contributed by atoms with van der Waals surface area (Å²) in [4.78, 5) is 0. The average Bonchev–Trinajstić information content (AvgIpc) is 2.30. The molecule has 2 atom stereocenters. The van der Waals surface area contributed by atoms with Crippen molar-refractivity contribution in [2.75, 3.05) is 11.6 Å². The molecule has 2 unspecified atom stereocenters. The second-order valence-electron chi connectivity index (χ2n) is 4.44. The highest BCUT2D eigenvalue weighted by Gasteiger charge is 2.20. The first-order valence-corrected chi connectivity index (χ1v) is 7.78. The second kappa shape index (κ2) is 6.06. The minimum absolute atomic E-state index is 0.0284. The van der Waals surface area contributed by atoms with Crippen LogP contribution in [0.2, 0.25) is 0 Å². The molecule has 0 heterocycles. The average molecular weight is 254 g/mol. The number of rotatable bonds is 4. The molecule has 1 aliphatic rings. The van der Waals surface area contributed by atoms with Gasteiger partial charge in [0, 0.05) is 11.9 Å². The Morgan fingerprint density at radius 2 is 2.00 bits per heavy atom. The SMILES string of the molecule is CC1CCCC(NS(=O)(=O)CCCl)CC1. The Morgan fingerprint density at radius 3 is 2.67 bits per heavy atom. The van der Waals surface area contributed by atoms with Crippen LogP contribution in [0.15, 0.2) is 0 Å². The summed E-state index contributed by atoms with van der Waals surface area (Å²) >= 11 is 5.44. The lowest BCUT2D eigenvalue weighted by atomic mass is 10.0. The summed E-state index contributed by atoms with van der Waals surface area (Å²) in [5, 5.41) is 0. The number of alkyl halides is 1. The largest absolute Gasteiger partial charge is 0.213 e. The predicted octanol–water partition coefficient (Wildman–Crippen LogP) is 2.11. The van der Waals surface area contributed by atoms with E-state index in [9.17, 15) is 8.42 Å². The van der Waals surface area contributed by atoms with E-state index >= 15 is 0 Å². The molecule has 0 bridgehead atoms. The van der Waals surface area contributed by atoms with Crippen molar-refractivity contribution >= 4 is 21.6 Å². The minimum atomic E-state index is -3.15. The fourth-order valence-corrected chi connectivity index (χ4v) is 3.69. The summed E-state index contributed by atoms with van der Waals surface area (Å²) in [6.07, 6.45) is 5.38. The predicted molar refractivity (Wildman–Crippen MR) is 63.7 cm³/mol. The van der Waals surface area contributed by atoms with E-state index in [0.29, 0.717) is 0 Å². The van der Waals surface area contributed by atoms with E-state index in [-0.39, 0.29) is 17.7 Å². The Morgan fingerprint density at radius 1 is 1.27 bits per heavy atom. The maximum Gasteiger partial charge on any atom is 0.213 e. The molecule has 0 aromatic heterocycles. The van der Waals surface area contributed by atoms with E-state index in [0.717, 1.165) is 31.6 Å². The number of nitrogens with one attached hydrogen (secondary N) is 1. The third kappa shape index (κ3) is 5.18. The summed E-state index contributed by atoms with van der Waals surface area (Å²) in [6.45, 7) is 2.23. The maximum absolute atomic E-state index is 11.5. The van der Waals surface area contributed by atoms with Crippen molar-refractivity contribution in [1.29, 1.82) is 0 Å². The van der Waals surface area contributed by atoms with Gasteiger partial charge in [-0.3, -0.25) is 0 Å². The van der Waals surface area contributed by atoms with E-state index in [1.807, 2.05) is 0 Å². The van der Waals surface area contributed by atoms with Gasteiger partial charge in [0.1, 0.15) is 0 Å². The Labute approximate surface area is 97.6 Å². The standard InChI is InChI=1S/C10H20ClNO2S/c1-9-3-2-4-10(6-5-9)12-15(13,14)8-7-11/h9-10,12H,2-8H2,1H3. The molecule has 1 saturated carbocycles. The first kappa shape index (κ1) is 13.3. The number of halogens is 1. The molecule has 5 heteroatoms.